The Kier molecular flexibility index (Phi) is 7.47. The molecule has 0 aromatic heterocycles. The minimum absolute atomic E-state index is 0.0630. The van der Waals surface area contributed by atoms with Gasteiger partial charge in [-0.05, 0) is 42.5 Å². The highest BCUT2D eigenvalue weighted by molar-refractivity contribution is 5.92. The molecule has 0 saturated heterocycles. The first-order chi connectivity index (χ1) is 14.2. The highest BCUT2D eigenvalue weighted by Crippen LogP contribution is 2.27. The van der Waals surface area contributed by atoms with Crippen molar-refractivity contribution in [2.24, 2.45) is 0 Å². The number of hydrogen-bond acceptors (Lipinski definition) is 4. The van der Waals surface area contributed by atoms with Gasteiger partial charge in [0.25, 0.3) is 0 Å². The van der Waals surface area contributed by atoms with Gasteiger partial charge >= 0.3 is 0 Å². The van der Waals surface area contributed by atoms with Crippen LogP contribution in [0.4, 0.5) is 5.69 Å². The van der Waals surface area contributed by atoms with Gasteiger partial charge in [-0.15, -0.1) is 0 Å². The zero-order valence-corrected chi connectivity index (χ0v) is 16.9. The van der Waals surface area contributed by atoms with Crippen LogP contribution in [0.5, 0.6) is 11.5 Å². The van der Waals surface area contributed by atoms with Gasteiger partial charge in [-0.1, -0.05) is 42.5 Å². The standard InChI is InChI=1S/C24H27NO4/c1-18-12-13-21(23(17-18)29-16-15-27-2)25-24(26)11-6-14-28-22-10-5-8-19-7-3-4-9-20(19)22/h3-5,7-10,12-13,17H,6,11,14-16H2,1-2H3,(H,25,26). The van der Waals surface area contributed by atoms with Crippen LogP contribution in [0.1, 0.15) is 18.4 Å². The number of anilines is 1. The number of methoxy groups -OCH3 is 1. The molecule has 3 aromatic rings. The molecule has 5 heteroatoms. The predicted octanol–water partition coefficient (Wildman–Crippen LogP) is 4.97. The lowest BCUT2D eigenvalue weighted by atomic mass is 10.1. The number of hydrogen-bond donors (Lipinski definition) is 1. The maximum absolute atomic E-state index is 12.4. The third-order valence-corrected chi connectivity index (χ3v) is 4.51. The Morgan fingerprint density at radius 3 is 2.55 bits per heavy atom. The molecule has 0 fully saturated rings. The number of fused-ring (bicyclic) bond motifs is 1. The molecule has 0 radical (unpaired) electrons. The molecule has 5 nitrogen and oxygen atoms in total. The van der Waals surface area contributed by atoms with Gasteiger partial charge in [-0.25, -0.2) is 0 Å². The van der Waals surface area contributed by atoms with E-state index in [2.05, 4.69) is 17.4 Å². The molecular formula is C24H27NO4. The topological polar surface area (TPSA) is 56.8 Å². The monoisotopic (exact) mass is 393 g/mol. The van der Waals surface area contributed by atoms with E-state index in [-0.39, 0.29) is 5.91 Å². The van der Waals surface area contributed by atoms with E-state index in [0.717, 1.165) is 22.1 Å². The Balaban J connectivity index is 1.50. The van der Waals surface area contributed by atoms with E-state index >= 15 is 0 Å². The first kappa shape index (κ1) is 20.7. The summed E-state index contributed by atoms with van der Waals surface area (Å²) in [5.41, 5.74) is 1.74. The molecule has 0 heterocycles. The van der Waals surface area contributed by atoms with Crippen LogP contribution >= 0.6 is 0 Å². The summed E-state index contributed by atoms with van der Waals surface area (Å²) < 4.78 is 16.6. The van der Waals surface area contributed by atoms with E-state index in [1.807, 2.05) is 55.5 Å². The van der Waals surface area contributed by atoms with E-state index in [1.165, 1.54) is 0 Å². The van der Waals surface area contributed by atoms with Crippen LogP contribution in [0.2, 0.25) is 0 Å². The summed E-state index contributed by atoms with van der Waals surface area (Å²) in [5, 5.41) is 5.15. The second-order valence-corrected chi connectivity index (χ2v) is 6.82. The average molecular weight is 393 g/mol. The van der Waals surface area contributed by atoms with E-state index < -0.39 is 0 Å². The second kappa shape index (κ2) is 10.5. The lowest BCUT2D eigenvalue weighted by Crippen LogP contribution is -2.14. The summed E-state index contributed by atoms with van der Waals surface area (Å²) >= 11 is 0. The fourth-order valence-electron chi connectivity index (χ4n) is 3.04. The highest BCUT2D eigenvalue weighted by Gasteiger charge is 2.09. The van der Waals surface area contributed by atoms with Gasteiger partial charge in [0.1, 0.15) is 18.1 Å². The smallest absolute Gasteiger partial charge is 0.224 e. The summed E-state index contributed by atoms with van der Waals surface area (Å²) in [5.74, 6) is 1.44. The van der Waals surface area contributed by atoms with Gasteiger partial charge < -0.3 is 19.5 Å². The molecule has 1 N–H and O–H groups in total. The van der Waals surface area contributed by atoms with Crippen LogP contribution in [0.25, 0.3) is 10.8 Å². The Labute approximate surface area is 171 Å². The number of amides is 1. The number of benzene rings is 3. The summed E-state index contributed by atoms with van der Waals surface area (Å²) in [6.45, 7) is 3.39. The lowest BCUT2D eigenvalue weighted by molar-refractivity contribution is -0.116. The quantitative estimate of drug-likeness (QED) is 0.494. The molecule has 0 spiro atoms. The number of nitrogens with one attached hydrogen (secondary N) is 1. The number of ether oxygens (including phenoxy) is 3. The summed E-state index contributed by atoms with van der Waals surface area (Å²) in [6.07, 6.45) is 0.997. The molecule has 0 aliphatic carbocycles. The van der Waals surface area contributed by atoms with E-state index in [0.29, 0.717) is 44.1 Å². The van der Waals surface area contributed by atoms with Crippen molar-refractivity contribution >= 4 is 22.4 Å². The molecule has 0 aliphatic heterocycles. The normalized spacial score (nSPS) is 10.7. The predicted molar refractivity (Wildman–Crippen MR) is 116 cm³/mol. The van der Waals surface area contributed by atoms with Crippen molar-refractivity contribution in [1.82, 2.24) is 0 Å². The van der Waals surface area contributed by atoms with E-state index in [9.17, 15) is 4.79 Å². The fourth-order valence-corrected chi connectivity index (χ4v) is 3.04. The van der Waals surface area contributed by atoms with Crippen molar-refractivity contribution in [2.75, 3.05) is 32.2 Å². The van der Waals surface area contributed by atoms with Crippen molar-refractivity contribution in [2.45, 2.75) is 19.8 Å². The number of rotatable bonds is 10. The third-order valence-electron chi connectivity index (χ3n) is 4.51. The van der Waals surface area contributed by atoms with Crippen molar-refractivity contribution in [1.29, 1.82) is 0 Å². The first-order valence-corrected chi connectivity index (χ1v) is 9.80. The maximum atomic E-state index is 12.4. The average Bonchev–Trinajstić information content (AvgIpc) is 2.73. The largest absolute Gasteiger partial charge is 0.493 e. The van der Waals surface area contributed by atoms with E-state index in [1.54, 1.807) is 7.11 Å². The van der Waals surface area contributed by atoms with Crippen LogP contribution in [0.15, 0.2) is 60.7 Å². The summed E-state index contributed by atoms with van der Waals surface area (Å²) in [7, 11) is 1.63. The van der Waals surface area contributed by atoms with Gasteiger partial charge in [-0.2, -0.15) is 0 Å². The second-order valence-electron chi connectivity index (χ2n) is 6.82. The van der Waals surface area contributed by atoms with Crippen molar-refractivity contribution in [3.8, 4) is 11.5 Å². The number of aryl methyl sites for hydroxylation is 1. The number of carbonyl (C=O) groups excluding carboxylic acids is 1. The summed E-state index contributed by atoms with van der Waals surface area (Å²) in [6, 6.07) is 19.8. The molecule has 152 valence electrons. The highest BCUT2D eigenvalue weighted by atomic mass is 16.5. The Hall–Kier alpha value is -3.05. The van der Waals surface area contributed by atoms with Crippen LogP contribution < -0.4 is 14.8 Å². The molecule has 0 unspecified atom stereocenters. The van der Waals surface area contributed by atoms with Crippen LogP contribution in [0, 0.1) is 6.92 Å². The van der Waals surface area contributed by atoms with Crippen LogP contribution in [-0.2, 0) is 9.53 Å². The third kappa shape index (κ3) is 5.96. The fraction of sp³-hybridized carbons (Fsp3) is 0.292. The van der Waals surface area contributed by atoms with Gasteiger partial charge in [0, 0.05) is 18.9 Å². The lowest BCUT2D eigenvalue weighted by Gasteiger charge is -2.13. The molecule has 1 amide bonds. The zero-order chi connectivity index (χ0) is 20.5. The Morgan fingerprint density at radius 1 is 0.897 bits per heavy atom. The van der Waals surface area contributed by atoms with Gasteiger partial charge in [0.05, 0.1) is 18.9 Å². The van der Waals surface area contributed by atoms with Crippen molar-refractivity contribution in [3.63, 3.8) is 0 Å². The maximum Gasteiger partial charge on any atom is 0.224 e. The number of carbonyl (C=O) groups is 1. The molecule has 29 heavy (non-hydrogen) atoms. The molecule has 0 bridgehead atoms. The van der Waals surface area contributed by atoms with Crippen molar-refractivity contribution in [3.05, 3.63) is 66.2 Å². The van der Waals surface area contributed by atoms with Gasteiger partial charge in [-0.3, -0.25) is 4.79 Å². The Morgan fingerprint density at radius 2 is 1.69 bits per heavy atom. The summed E-state index contributed by atoms with van der Waals surface area (Å²) in [4.78, 5) is 12.4. The minimum Gasteiger partial charge on any atom is -0.493 e. The SMILES string of the molecule is COCCOc1cc(C)ccc1NC(=O)CCCOc1cccc2ccccc12. The molecule has 0 aliphatic rings. The molecule has 0 saturated carbocycles. The molecule has 0 atom stereocenters. The molecular weight excluding hydrogens is 366 g/mol. The van der Waals surface area contributed by atoms with Gasteiger partial charge in [0.2, 0.25) is 5.91 Å². The van der Waals surface area contributed by atoms with Crippen molar-refractivity contribution < 1.29 is 19.0 Å². The Bertz CT molecular complexity index is 949. The molecule has 3 rings (SSSR count). The van der Waals surface area contributed by atoms with Gasteiger partial charge in [0.15, 0.2) is 0 Å². The zero-order valence-electron chi connectivity index (χ0n) is 16.9. The van der Waals surface area contributed by atoms with Crippen LogP contribution in [-0.4, -0.2) is 32.8 Å². The molecule has 3 aromatic carbocycles. The minimum atomic E-state index is -0.0630. The van der Waals surface area contributed by atoms with E-state index in [4.69, 9.17) is 14.2 Å². The van der Waals surface area contributed by atoms with Crippen LogP contribution in [0.3, 0.4) is 0 Å². The first-order valence-electron chi connectivity index (χ1n) is 9.80.